The molecule has 0 fully saturated rings. The molecule has 3 N–H and O–H groups in total. The number of hydrogen-bond donors (Lipinski definition) is 2. The first-order valence-corrected chi connectivity index (χ1v) is 6.64. The number of carboxylic acid groups (broad SMARTS) is 1. The average Bonchev–Trinajstić information content (AvgIpc) is 2.51. The summed E-state index contributed by atoms with van der Waals surface area (Å²) in [5, 5.41) is 14.1. The molecule has 0 saturated carbocycles. The van der Waals surface area contributed by atoms with Gasteiger partial charge in [-0.25, -0.2) is 0 Å². The van der Waals surface area contributed by atoms with Crippen molar-refractivity contribution < 1.29 is 9.90 Å². The van der Waals surface area contributed by atoms with Gasteiger partial charge in [0.15, 0.2) is 0 Å². The topological polar surface area (TPSA) is 98.2 Å². The molecule has 0 aliphatic heterocycles. The quantitative estimate of drug-likeness (QED) is 0.712. The Labute approximate surface area is 125 Å². The smallest absolute Gasteiger partial charge is 0.307 e. The minimum Gasteiger partial charge on any atom is -0.481 e. The van der Waals surface area contributed by atoms with Crippen molar-refractivity contribution in [1.82, 2.24) is 9.89 Å². The summed E-state index contributed by atoms with van der Waals surface area (Å²) in [7, 11) is 0. The van der Waals surface area contributed by atoms with Crippen LogP contribution in [-0.4, -0.2) is 21.0 Å². The summed E-state index contributed by atoms with van der Waals surface area (Å²) in [6, 6.07) is 14.1. The molecule has 0 unspecified atom stereocenters. The molecule has 0 amide bonds. The van der Waals surface area contributed by atoms with E-state index >= 15 is 0 Å². The van der Waals surface area contributed by atoms with Gasteiger partial charge in [-0.3, -0.25) is 9.59 Å². The van der Waals surface area contributed by atoms with Crippen LogP contribution in [0.3, 0.4) is 0 Å². The summed E-state index contributed by atoms with van der Waals surface area (Å²) in [5.41, 5.74) is 1.69. The van der Waals surface area contributed by atoms with Crippen molar-refractivity contribution in [2.75, 3.05) is 5.84 Å². The van der Waals surface area contributed by atoms with Crippen LogP contribution in [0.5, 0.6) is 0 Å². The predicted octanol–water partition coefficient (Wildman–Crippen LogP) is 1.40. The third kappa shape index (κ3) is 2.42. The Balaban J connectivity index is 2.16. The Hall–Kier alpha value is -3.15. The van der Waals surface area contributed by atoms with Gasteiger partial charge in [-0.15, -0.1) is 9.89 Å². The summed E-state index contributed by atoms with van der Waals surface area (Å²) in [4.78, 5) is 23.5. The van der Waals surface area contributed by atoms with Gasteiger partial charge in [-0.05, 0) is 11.6 Å². The molecule has 3 rings (SSSR count). The third-order valence-electron chi connectivity index (χ3n) is 3.41. The van der Waals surface area contributed by atoms with Crippen molar-refractivity contribution in [3.05, 3.63) is 64.4 Å². The molecule has 0 bridgehead atoms. The first-order chi connectivity index (χ1) is 10.6. The molecule has 6 nitrogen and oxygen atoms in total. The molecule has 0 radical (unpaired) electrons. The first kappa shape index (κ1) is 13.8. The van der Waals surface area contributed by atoms with E-state index in [1.54, 1.807) is 36.4 Å². The molecule has 22 heavy (non-hydrogen) atoms. The highest BCUT2D eigenvalue weighted by Gasteiger charge is 2.11. The van der Waals surface area contributed by atoms with Gasteiger partial charge in [0.1, 0.15) is 5.69 Å². The highest BCUT2D eigenvalue weighted by Crippen LogP contribution is 2.24. The molecule has 0 aliphatic carbocycles. The van der Waals surface area contributed by atoms with E-state index in [2.05, 4.69) is 5.10 Å². The molecule has 6 heteroatoms. The number of nitrogens with two attached hydrogens (primary N) is 1. The molecule has 0 aliphatic rings. The van der Waals surface area contributed by atoms with Crippen molar-refractivity contribution >= 4 is 16.7 Å². The van der Waals surface area contributed by atoms with Crippen LogP contribution < -0.4 is 11.4 Å². The summed E-state index contributed by atoms with van der Waals surface area (Å²) in [6.07, 6.45) is -0.0369. The highest BCUT2D eigenvalue weighted by atomic mass is 16.4. The lowest BCUT2D eigenvalue weighted by atomic mass is 10.0. The van der Waals surface area contributed by atoms with Crippen LogP contribution in [0.15, 0.2) is 53.3 Å². The normalized spacial score (nSPS) is 10.7. The second kappa shape index (κ2) is 5.33. The number of fused-ring (bicyclic) bond motifs is 1. The lowest BCUT2D eigenvalue weighted by Crippen LogP contribution is -2.30. The van der Waals surface area contributed by atoms with E-state index in [1.807, 2.05) is 12.1 Å². The largest absolute Gasteiger partial charge is 0.481 e. The van der Waals surface area contributed by atoms with Crippen molar-refractivity contribution in [2.24, 2.45) is 0 Å². The van der Waals surface area contributed by atoms with Crippen LogP contribution in [0, 0.1) is 0 Å². The molecule has 1 heterocycles. The van der Waals surface area contributed by atoms with E-state index in [1.165, 1.54) is 0 Å². The number of nitrogen functional groups attached to an aromatic ring is 1. The number of aromatic nitrogens is 2. The number of rotatable bonds is 3. The Bertz CT molecular complexity index is 914. The summed E-state index contributed by atoms with van der Waals surface area (Å²) in [5.74, 6) is 4.75. The maximum Gasteiger partial charge on any atom is 0.307 e. The van der Waals surface area contributed by atoms with Gasteiger partial charge in [0, 0.05) is 10.9 Å². The summed E-state index contributed by atoms with van der Waals surface area (Å²) in [6.45, 7) is 0. The van der Waals surface area contributed by atoms with Crippen molar-refractivity contribution in [1.29, 1.82) is 0 Å². The number of nitrogens with zero attached hydrogens (tertiary/aromatic N) is 2. The zero-order valence-electron chi connectivity index (χ0n) is 11.6. The minimum absolute atomic E-state index is 0.0369. The molecule has 110 valence electrons. The molecule has 0 saturated heterocycles. The fourth-order valence-corrected chi connectivity index (χ4v) is 2.37. The fraction of sp³-hybridized carbons (Fsp3) is 0.0625. The van der Waals surface area contributed by atoms with Gasteiger partial charge in [0.2, 0.25) is 0 Å². The first-order valence-electron chi connectivity index (χ1n) is 6.64. The van der Waals surface area contributed by atoms with Crippen LogP contribution in [0.25, 0.3) is 22.0 Å². The Morgan fingerprint density at radius 2 is 1.73 bits per heavy atom. The fourth-order valence-electron chi connectivity index (χ4n) is 2.37. The average molecular weight is 295 g/mol. The maximum absolute atomic E-state index is 12.0. The van der Waals surface area contributed by atoms with Crippen LogP contribution in [0.1, 0.15) is 5.56 Å². The number of hydrogen-bond acceptors (Lipinski definition) is 4. The van der Waals surface area contributed by atoms with Gasteiger partial charge < -0.3 is 10.9 Å². The van der Waals surface area contributed by atoms with Crippen molar-refractivity contribution in [3.8, 4) is 11.3 Å². The van der Waals surface area contributed by atoms with Crippen molar-refractivity contribution in [3.63, 3.8) is 0 Å². The van der Waals surface area contributed by atoms with Gasteiger partial charge in [-0.1, -0.05) is 42.5 Å². The van der Waals surface area contributed by atoms with E-state index < -0.39 is 5.97 Å². The number of carboxylic acids is 1. The lowest BCUT2D eigenvalue weighted by molar-refractivity contribution is -0.136. The van der Waals surface area contributed by atoms with Crippen LogP contribution in [0.4, 0.5) is 0 Å². The van der Waals surface area contributed by atoms with Gasteiger partial charge in [0.25, 0.3) is 5.56 Å². The molecule has 3 aromatic rings. The van der Waals surface area contributed by atoms with Crippen LogP contribution in [-0.2, 0) is 11.2 Å². The molecular weight excluding hydrogens is 282 g/mol. The Morgan fingerprint density at radius 1 is 1.09 bits per heavy atom. The zero-order chi connectivity index (χ0) is 15.7. The second-order valence-electron chi connectivity index (χ2n) is 4.91. The monoisotopic (exact) mass is 295 g/mol. The third-order valence-corrected chi connectivity index (χ3v) is 3.41. The minimum atomic E-state index is -0.883. The number of benzene rings is 2. The van der Waals surface area contributed by atoms with Crippen molar-refractivity contribution in [2.45, 2.75) is 6.42 Å². The van der Waals surface area contributed by atoms with E-state index in [4.69, 9.17) is 10.9 Å². The van der Waals surface area contributed by atoms with Gasteiger partial charge in [0.05, 0.1) is 11.8 Å². The van der Waals surface area contributed by atoms with Gasteiger partial charge in [-0.2, -0.15) is 0 Å². The zero-order valence-corrected chi connectivity index (χ0v) is 11.6. The molecular formula is C16H13N3O3. The molecule has 1 aromatic heterocycles. The van der Waals surface area contributed by atoms with E-state index in [9.17, 15) is 9.59 Å². The summed E-state index contributed by atoms with van der Waals surface area (Å²) < 4.78 is 0. The van der Waals surface area contributed by atoms with Crippen LogP contribution >= 0.6 is 0 Å². The molecule has 0 atom stereocenters. The van der Waals surface area contributed by atoms with E-state index in [0.29, 0.717) is 22.0 Å². The number of carbonyl (C=O) groups is 1. The number of aliphatic carboxylic acids is 1. The van der Waals surface area contributed by atoms with Crippen LogP contribution in [0.2, 0.25) is 0 Å². The molecule has 2 aromatic carbocycles. The lowest BCUT2D eigenvalue weighted by Gasteiger charge is -2.08. The van der Waals surface area contributed by atoms with E-state index in [-0.39, 0.29) is 12.0 Å². The Kier molecular flexibility index (Phi) is 3.34. The molecule has 0 spiro atoms. The Morgan fingerprint density at radius 3 is 2.36 bits per heavy atom. The highest BCUT2D eigenvalue weighted by molar-refractivity contribution is 5.93. The predicted molar refractivity (Wildman–Crippen MR) is 82.9 cm³/mol. The summed E-state index contributed by atoms with van der Waals surface area (Å²) >= 11 is 0. The maximum atomic E-state index is 12.0. The SMILES string of the molecule is Nn1nc(-c2ccc(CC(=O)O)cc2)c2ccccc2c1=O. The standard InChI is InChI=1S/C16H13N3O3/c17-19-16(22)13-4-2-1-3-12(13)15(18-19)11-7-5-10(6-8-11)9-14(20)21/h1-8H,9,17H2,(H,20,21). The second-order valence-corrected chi connectivity index (χ2v) is 4.91. The van der Waals surface area contributed by atoms with Gasteiger partial charge >= 0.3 is 5.97 Å². The van der Waals surface area contributed by atoms with E-state index in [0.717, 1.165) is 10.4 Å².